The number of nitrogens with one attached hydrogen (secondary N) is 1. The second-order valence-corrected chi connectivity index (χ2v) is 40.4. The van der Waals surface area contributed by atoms with Crippen molar-refractivity contribution in [2.45, 2.75) is 375 Å². The number of rotatable bonds is 42. The Morgan fingerprint density at radius 2 is 0.444 bits per heavy atom. The van der Waals surface area contributed by atoms with Crippen molar-refractivity contribution in [1.29, 1.82) is 0 Å². The fraction of sp³-hybridized carbons (Fsp3) is 0.779. The van der Waals surface area contributed by atoms with E-state index in [1.165, 1.54) is 19.6 Å². The van der Waals surface area contributed by atoms with Gasteiger partial charge in [0.1, 0.15) is 87.5 Å². The molecule has 0 amide bonds. The van der Waals surface area contributed by atoms with Crippen LogP contribution in [0, 0.1) is 0 Å². The van der Waals surface area contributed by atoms with Gasteiger partial charge in [-0.3, -0.25) is 100 Å². The monoisotopic (exact) mass is 2080 g/mol. The highest BCUT2D eigenvalue weighted by Gasteiger charge is 2.65. The largest absolute Gasteiger partial charge is 0.756 e. The molecule has 1 unspecified atom stereocenters. The van der Waals surface area contributed by atoms with Crippen molar-refractivity contribution in [3.8, 4) is 0 Å². The SMILES string of the molecule is CC(=O)OC[C@H]1O[C@@H](O[C@H]2[C@@H](OC(C)=O)[C@@H](CO[Si](C)(C)C(C)(C)C)O[C@@H](O[C@H]3[C@H](OC(C)=O)[C@H](OC(C)=O)[C@@H](OP(=O)([O-])OC[C@H]4O[C@@H](O[C@H]5[C@H](OC(C)=O)[C@H](OC(C)=O)[C@@H](OC(C)=O)O[C@@H]5COC(C)=O)[C@H](OC(C)=O)[C@@H](O[C@@H]5O[C@H](COC(C)=O)[C@H](OC(C)=O)[C@H](OC(C)=O)[C@H]5OC(C)=O)[C@H]4OC(C)=O)O[C@@H]3COC(C)=O)[C@@H]2OC(C)=O)[C@H](OC(C)=O)[C@@H](OC(C)=O)[C@H]1OC(C)=O.CC[NH+](CC)CC. The summed E-state index contributed by atoms with van der Waals surface area (Å²) in [5, 5.41) is -0.639. The molecule has 0 saturated carbocycles. The molecule has 0 spiro atoms. The number of hydrogen-bond acceptors (Lipinski definition) is 53. The van der Waals surface area contributed by atoms with E-state index in [1.807, 2.05) is 20.8 Å². The summed E-state index contributed by atoms with van der Waals surface area (Å²) in [5.41, 5.74) is 0. The molecular formula is C86H130NO53PSi. The molecule has 6 aliphatic heterocycles. The number of quaternary nitrogens is 1. The zero-order chi connectivity index (χ0) is 107. The van der Waals surface area contributed by atoms with E-state index in [2.05, 4.69) is 20.8 Å². The number of hydrogen-bond donors (Lipinski definition) is 1. The summed E-state index contributed by atoms with van der Waals surface area (Å²) >= 11 is 0. The van der Waals surface area contributed by atoms with Crippen LogP contribution in [0.4, 0.5) is 0 Å². The molecule has 6 saturated heterocycles. The lowest BCUT2D eigenvalue weighted by Crippen LogP contribution is -3.11. The maximum atomic E-state index is 15.3. The Labute approximate surface area is 817 Å². The molecular weight excluding hydrogens is 1950 g/mol. The van der Waals surface area contributed by atoms with E-state index in [-0.39, 0.29) is 0 Å². The second kappa shape index (κ2) is 55.7. The van der Waals surface area contributed by atoms with Crippen molar-refractivity contribution in [3.63, 3.8) is 0 Å². The molecule has 31 atom stereocenters. The van der Waals surface area contributed by atoms with Gasteiger partial charge in [-0.05, 0) is 38.9 Å². The van der Waals surface area contributed by atoms with Crippen molar-refractivity contribution in [2.24, 2.45) is 0 Å². The Kier molecular flexibility index (Phi) is 48.0. The zero-order valence-corrected chi connectivity index (χ0v) is 85.7. The summed E-state index contributed by atoms with van der Waals surface area (Å²) in [6.07, 6.45) is -66.6. The van der Waals surface area contributed by atoms with E-state index in [0.29, 0.717) is 0 Å². The second-order valence-electron chi connectivity index (χ2n) is 34.2. The van der Waals surface area contributed by atoms with Crippen LogP contribution in [0.3, 0.4) is 0 Å². The summed E-state index contributed by atoms with van der Waals surface area (Å²) in [7, 11) is -9.66. The Hall–Kier alpha value is -10.2. The van der Waals surface area contributed by atoms with E-state index in [9.17, 15) is 91.1 Å². The summed E-state index contributed by atoms with van der Waals surface area (Å²) in [5.74, 6) is -22.4. The summed E-state index contributed by atoms with van der Waals surface area (Å²) in [4.78, 5) is 268. The van der Waals surface area contributed by atoms with Crippen molar-refractivity contribution >= 4 is 130 Å². The molecule has 0 aromatic rings. The van der Waals surface area contributed by atoms with Gasteiger partial charge in [0.05, 0.1) is 32.8 Å². The van der Waals surface area contributed by atoms with Crippen LogP contribution in [0.2, 0.25) is 18.1 Å². The molecule has 0 aromatic carbocycles. The highest BCUT2D eigenvalue weighted by molar-refractivity contribution is 7.45. The molecule has 6 fully saturated rings. The average Bonchev–Trinajstić information content (AvgIpc) is 0.753. The van der Waals surface area contributed by atoms with Crippen LogP contribution in [0.15, 0.2) is 0 Å². The van der Waals surface area contributed by atoms with Gasteiger partial charge in [0.25, 0.3) is 7.82 Å². The Morgan fingerprint density at radius 3 is 0.690 bits per heavy atom. The van der Waals surface area contributed by atoms with Gasteiger partial charge in [-0.25, -0.2) is 0 Å². The van der Waals surface area contributed by atoms with Gasteiger partial charge in [-0.1, -0.05) is 20.8 Å². The average molecular weight is 2080 g/mol. The maximum absolute atomic E-state index is 15.3. The topological polar surface area (TPSA) is 664 Å². The van der Waals surface area contributed by atoms with Crippen molar-refractivity contribution in [3.05, 3.63) is 0 Å². The van der Waals surface area contributed by atoms with Crippen molar-refractivity contribution < 1.29 is 256 Å². The lowest BCUT2D eigenvalue weighted by atomic mass is 9.95. The van der Waals surface area contributed by atoms with Crippen LogP contribution in [-0.2, 0) is 247 Å². The minimum atomic E-state index is -6.59. The van der Waals surface area contributed by atoms with Gasteiger partial charge in [0.2, 0.25) is 18.7 Å². The summed E-state index contributed by atoms with van der Waals surface area (Å²) in [6.45, 7) is 29.4. The van der Waals surface area contributed by atoms with Crippen LogP contribution >= 0.6 is 7.82 Å². The van der Waals surface area contributed by atoms with Crippen molar-refractivity contribution in [2.75, 3.05) is 59.3 Å². The molecule has 0 aromatic heterocycles. The van der Waals surface area contributed by atoms with Crippen LogP contribution < -0.4 is 9.79 Å². The molecule has 6 heterocycles. The fourth-order valence-electron chi connectivity index (χ4n) is 15.0. The molecule has 806 valence electrons. The van der Waals surface area contributed by atoms with Gasteiger partial charge in [-0.15, -0.1) is 0 Å². The minimum Gasteiger partial charge on any atom is -0.756 e. The predicted octanol–water partition coefficient (Wildman–Crippen LogP) is -0.810. The van der Waals surface area contributed by atoms with Crippen molar-refractivity contribution in [1.82, 2.24) is 0 Å². The Bertz CT molecular complexity index is 4420. The molecule has 0 radical (unpaired) electrons. The third-order valence-corrected chi connectivity index (χ3v) is 27.0. The number of ether oxygens (including phenoxy) is 29. The number of phosphoric ester groups is 1. The molecule has 6 aliphatic rings. The number of esters is 19. The molecule has 1 N–H and O–H groups in total. The summed E-state index contributed by atoms with van der Waals surface area (Å²) < 4.78 is 204. The molecule has 56 heteroatoms. The van der Waals surface area contributed by atoms with E-state index in [0.717, 1.165) is 132 Å². The lowest BCUT2D eigenvalue weighted by Gasteiger charge is -2.51. The highest BCUT2D eigenvalue weighted by atomic mass is 31.2. The maximum Gasteiger partial charge on any atom is 0.305 e. The van der Waals surface area contributed by atoms with E-state index >= 15 is 9.46 Å². The normalized spacial score (nSPS) is 31.1. The molecule has 6 rings (SSSR count). The fourth-order valence-corrected chi connectivity index (χ4v) is 16.9. The highest BCUT2D eigenvalue weighted by Crippen LogP contribution is 2.48. The molecule has 54 nitrogen and oxygen atoms in total. The minimum absolute atomic E-state index is 0.639. The third kappa shape index (κ3) is 38.1. The van der Waals surface area contributed by atoms with Gasteiger partial charge >= 0.3 is 113 Å². The zero-order valence-electron chi connectivity index (χ0n) is 83.8. The predicted molar refractivity (Wildman–Crippen MR) is 458 cm³/mol. The molecule has 142 heavy (non-hydrogen) atoms. The first-order chi connectivity index (χ1) is 66.0. The quantitative estimate of drug-likeness (QED) is 0.0338. The number of phosphoric acid groups is 1. The first kappa shape index (κ1) is 122. The van der Waals surface area contributed by atoms with Gasteiger partial charge in [0, 0.05) is 132 Å². The number of carbonyl (C=O) groups is 19. The van der Waals surface area contributed by atoms with Crippen LogP contribution in [0.1, 0.15) is 173 Å². The third-order valence-electron chi connectivity index (χ3n) is 21.6. The summed E-state index contributed by atoms with van der Waals surface area (Å²) in [6, 6.07) is 0. The van der Waals surface area contributed by atoms with Gasteiger partial charge < -0.3 is 156 Å². The molecule has 0 bridgehead atoms. The first-order valence-corrected chi connectivity index (χ1v) is 49.2. The van der Waals surface area contributed by atoms with Crippen LogP contribution in [-0.4, -0.2) is 365 Å². The van der Waals surface area contributed by atoms with Gasteiger partial charge in [0.15, 0.2) is 113 Å². The molecule has 0 aliphatic carbocycles. The van der Waals surface area contributed by atoms with Crippen LogP contribution in [0.5, 0.6) is 0 Å². The van der Waals surface area contributed by atoms with E-state index in [4.69, 9.17) is 151 Å². The van der Waals surface area contributed by atoms with E-state index in [1.54, 1.807) is 18.0 Å². The number of carbonyl (C=O) groups excluding carboxylic acids is 19. The first-order valence-electron chi connectivity index (χ1n) is 44.8. The lowest BCUT2D eigenvalue weighted by molar-refractivity contribution is -0.894. The standard InChI is InChI=1S/C80H115O53PSi.C6H15N/c1-31(81)102-25-50-56(108-35(5)85)62(112-39(9)89)69(117-44(14)94)77(124-50)131-66-58(110-37(7)87)54(126-75(71(66)119-46(16)96)129-60-52(27-104-33(3)83)123-74(122-49(19)99)68(116-43(13)93)64(60)114-41(11)91)29-106-134(100,101)133-79-73(121-48(18)98)65(115-42(12)92)61(53(128-79)28-105-34(4)84)130-76-72(120-47(17)97)67(59(111-38(8)88)55(127-76)30-107-135(23,24)80(20,21)22)132-78-70(118-45(15)95)63(113-40(10)90)57(109-36(6)86)51(125-78)26-103-32(2)82;1-4-7(5-2)6-3/h50-79H,25-30H2,1-24H3,(H,100,101);4-6H2,1-3H3/t50-,51-,52-,53-,54-,55-,56+,57+,58+,59+,60-,61-,62+,63+,64+,65+,66+,67+,68+,69-,70-,71-,72-,73+,74+,75+,76+,77+,78+,79-;/m1./s1. The Morgan fingerprint density at radius 1 is 0.254 bits per heavy atom. The Balaban J connectivity index is 0.00000488. The van der Waals surface area contributed by atoms with Gasteiger partial charge in [-0.2, -0.15) is 0 Å². The van der Waals surface area contributed by atoms with Crippen LogP contribution in [0.25, 0.3) is 0 Å². The smallest absolute Gasteiger partial charge is 0.305 e. The van der Waals surface area contributed by atoms with E-state index < -0.39 is 358 Å².